The number of piperidine rings is 1. The number of nitrogens with zero attached hydrogens (tertiary/aromatic N) is 1. The van der Waals surface area contributed by atoms with E-state index in [0.717, 1.165) is 31.5 Å². The molecule has 0 aromatic heterocycles. The number of hydrogen-bond acceptors (Lipinski definition) is 4. The van der Waals surface area contributed by atoms with Crippen LogP contribution in [0.5, 0.6) is 0 Å². The van der Waals surface area contributed by atoms with Crippen LogP contribution in [0.15, 0.2) is 24.3 Å². The van der Waals surface area contributed by atoms with E-state index in [1.807, 2.05) is 35.7 Å². The largest absolute Gasteiger partial charge is 0.349 e. The third-order valence-electron chi connectivity index (χ3n) is 4.61. The van der Waals surface area contributed by atoms with Crippen molar-refractivity contribution in [3.63, 3.8) is 0 Å². The Morgan fingerprint density at radius 1 is 1.17 bits per heavy atom. The summed E-state index contributed by atoms with van der Waals surface area (Å²) in [5.41, 5.74) is 2.12. The van der Waals surface area contributed by atoms with Crippen LogP contribution in [0.1, 0.15) is 47.2 Å². The average molecular weight is 365 g/mol. The van der Waals surface area contributed by atoms with Crippen LogP contribution >= 0.6 is 23.5 Å². The summed E-state index contributed by atoms with van der Waals surface area (Å²) in [6.45, 7) is 7.88. The Balaban J connectivity index is 1.48. The van der Waals surface area contributed by atoms with Crippen molar-refractivity contribution in [1.82, 2.24) is 10.2 Å². The molecule has 0 aliphatic carbocycles. The Kier molecular flexibility index (Phi) is 6.53. The van der Waals surface area contributed by atoms with Gasteiger partial charge in [-0.1, -0.05) is 26.0 Å². The summed E-state index contributed by atoms with van der Waals surface area (Å²) in [5.74, 6) is 3.25. The summed E-state index contributed by atoms with van der Waals surface area (Å²) in [5, 5.41) is 3.22. The van der Waals surface area contributed by atoms with Crippen molar-refractivity contribution in [1.29, 1.82) is 0 Å². The standard InChI is InChI=1S/C19H28N2OS2/c1-14(2)13-21-9-7-17(8-10-21)20-18(22)15-3-5-16(6-4-15)19-23-11-12-24-19/h3-6,14,17,19H,7-13H2,1-2H3,(H,20,22). The number of likely N-dealkylation sites (tertiary alicyclic amines) is 1. The highest BCUT2D eigenvalue weighted by Crippen LogP contribution is 2.45. The van der Waals surface area contributed by atoms with Crippen LogP contribution in [0.2, 0.25) is 0 Å². The van der Waals surface area contributed by atoms with Gasteiger partial charge in [0.15, 0.2) is 0 Å². The number of hydrogen-bond donors (Lipinski definition) is 1. The molecule has 1 aromatic carbocycles. The van der Waals surface area contributed by atoms with Gasteiger partial charge in [-0.25, -0.2) is 0 Å². The maximum absolute atomic E-state index is 12.5. The van der Waals surface area contributed by atoms with Crippen LogP contribution in [0.4, 0.5) is 0 Å². The molecule has 2 heterocycles. The number of carbonyl (C=O) groups excluding carboxylic acids is 1. The fourth-order valence-electron chi connectivity index (χ4n) is 3.39. The molecule has 2 saturated heterocycles. The van der Waals surface area contributed by atoms with Crippen LogP contribution in [0.25, 0.3) is 0 Å². The molecule has 2 fully saturated rings. The third-order valence-corrected chi connectivity index (χ3v) is 7.72. The molecule has 3 rings (SSSR count). The maximum atomic E-state index is 12.5. The molecule has 24 heavy (non-hydrogen) atoms. The van der Waals surface area contributed by atoms with Gasteiger partial charge in [0.05, 0.1) is 4.58 Å². The van der Waals surface area contributed by atoms with E-state index >= 15 is 0 Å². The first-order chi connectivity index (χ1) is 11.6. The predicted molar refractivity (Wildman–Crippen MR) is 106 cm³/mol. The van der Waals surface area contributed by atoms with E-state index in [-0.39, 0.29) is 5.91 Å². The number of benzene rings is 1. The highest BCUT2D eigenvalue weighted by atomic mass is 32.2. The quantitative estimate of drug-likeness (QED) is 0.855. The lowest BCUT2D eigenvalue weighted by atomic mass is 10.0. The molecule has 1 aromatic rings. The molecule has 3 nitrogen and oxygen atoms in total. The van der Waals surface area contributed by atoms with Gasteiger partial charge in [-0.05, 0) is 36.5 Å². The van der Waals surface area contributed by atoms with Gasteiger partial charge < -0.3 is 10.2 Å². The summed E-state index contributed by atoms with van der Waals surface area (Å²) in [6, 6.07) is 8.53. The molecular formula is C19H28N2OS2. The van der Waals surface area contributed by atoms with Gasteiger partial charge in [0, 0.05) is 42.7 Å². The van der Waals surface area contributed by atoms with Gasteiger partial charge in [0.1, 0.15) is 0 Å². The van der Waals surface area contributed by atoms with E-state index in [9.17, 15) is 4.79 Å². The summed E-state index contributed by atoms with van der Waals surface area (Å²) in [6.07, 6.45) is 2.12. The van der Waals surface area contributed by atoms with E-state index in [1.54, 1.807) is 0 Å². The van der Waals surface area contributed by atoms with Gasteiger partial charge >= 0.3 is 0 Å². The Labute approximate surface area is 154 Å². The molecular weight excluding hydrogens is 336 g/mol. The zero-order valence-corrected chi connectivity index (χ0v) is 16.3. The summed E-state index contributed by atoms with van der Waals surface area (Å²) in [4.78, 5) is 15.0. The van der Waals surface area contributed by atoms with Crippen molar-refractivity contribution >= 4 is 29.4 Å². The first-order valence-electron chi connectivity index (χ1n) is 8.98. The zero-order valence-electron chi connectivity index (χ0n) is 14.7. The first kappa shape index (κ1) is 18.2. The zero-order chi connectivity index (χ0) is 16.9. The van der Waals surface area contributed by atoms with Gasteiger partial charge in [0.2, 0.25) is 0 Å². The fraction of sp³-hybridized carbons (Fsp3) is 0.632. The van der Waals surface area contributed by atoms with Crippen molar-refractivity contribution < 1.29 is 4.79 Å². The fourth-order valence-corrected chi connectivity index (χ4v) is 6.25. The Morgan fingerprint density at radius 3 is 2.38 bits per heavy atom. The lowest BCUT2D eigenvalue weighted by Crippen LogP contribution is -2.45. The lowest BCUT2D eigenvalue weighted by molar-refractivity contribution is 0.0907. The van der Waals surface area contributed by atoms with E-state index < -0.39 is 0 Å². The van der Waals surface area contributed by atoms with Gasteiger partial charge in [-0.2, -0.15) is 0 Å². The normalized spacial score (nSPS) is 20.6. The van der Waals surface area contributed by atoms with Crippen LogP contribution < -0.4 is 5.32 Å². The van der Waals surface area contributed by atoms with Gasteiger partial charge in [-0.3, -0.25) is 4.79 Å². The molecule has 0 bridgehead atoms. The number of thioether (sulfide) groups is 2. The molecule has 0 unspecified atom stereocenters. The molecule has 132 valence electrons. The van der Waals surface area contributed by atoms with Gasteiger partial charge in [0.25, 0.3) is 5.91 Å². The third kappa shape index (κ3) is 4.93. The van der Waals surface area contributed by atoms with Gasteiger partial charge in [-0.15, -0.1) is 23.5 Å². The molecule has 0 atom stereocenters. The topological polar surface area (TPSA) is 32.3 Å². The lowest BCUT2D eigenvalue weighted by Gasteiger charge is -2.33. The van der Waals surface area contributed by atoms with Crippen LogP contribution in [-0.2, 0) is 0 Å². The van der Waals surface area contributed by atoms with Crippen molar-refractivity contribution in [2.24, 2.45) is 5.92 Å². The first-order valence-corrected chi connectivity index (χ1v) is 11.1. The summed E-state index contributed by atoms with van der Waals surface area (Å²) in [7, 11) is 0. The molecule has 1 N–H and O–H groups in total. The number of amides is 1. The number of carbonyl (C=O) groups is 1. The minimum Gasteiger partial charge on any atom is -0.349 e. The molecule has 0 saturated carbocycles. The smallest absolute Gasteiger partial charge is 0.251 e. The minimum atomic E-state index is 0.0792. The maximum Gasteiger partial charge on any atom is 0.251 e. The second-order valence-corrected chi connectivity index (χ2v) is 9.86. The van der Waals surface area contributed by atoms with Crippen LogP contribution in [0, 0.1) is 5.92 Å². The Morgan fingerprint density at radius 2 is 1.79 bits per heavy atom. The second kappa shape index (κ2) is 8.63. The van der Waals surface area contributed by atoms with Crippen LogP contribution in [0.3, 0.4) is 0 Å². The molecule has 2 aliphatic rings. The van der Waals surface area contributed by atoms with Crippen molar-refractivity contribution in [2.45, 2.75) is 37.3 Å². The molecule has 0 radical (unpaired) electrons. The van der Waals surface area contributed by atoms with Crippen molar-refractivity contribution in [2.75, 3.05) is 31.1 Å². The minimum absolute atomic E-state index is 0.0792. The second-order valence-electron chi connectivity index (χ2n) is 7.14. The Bertz CT molecular complexity index is 533. The molecule has 2 aliphatic heterocycles. The monoisotopic (exact) mass is 364 g/mol. The van der Waals surface area contributed by atoms with E-state index in [4.69, 9.17) is 0 Å². The Hall–Kier alpha value is -0.650. The van der Waals surface area contributed by atoms with Crippen LogP contribution in [-0.4, -0.2) is 48.0 Å². The van der Waals surface area contributed by atoms with Crippen molar-refractivity contribution in [3.05, 3.63) is 35.4 Å². The molecule has 1 amide bonds. The predicted octanol–water partition coefficient (Wildman–Crippen LogP) is 4.02. The van der Waals surface area contributed by atoms with E-state index in [0.29, 0.717) is 16.5 Å². The highest BCUT2D eigenvalue weighted by molar-refractivity contribution is 8.19. The number of nitrogens with one attached hydrogen (secondary N) is 1. The van der Waals surface area contributed by atoms with E-state index in [2.05, 4.69) is 36.2 Å². The highest BCUT2D eigenvalue weighted by Gasteiger charge is 2.22. The molecule has 5 heteroatoms. The number of rotatable bonds is 5. The van der Waals surface area contributed by atoms with E-state index in [1.165, 1.54) is 23.6 Å². The summed E-state index contributed by atoms with van der Waals surface area (Å²) < 4.78 is 0.549. The van der Waals surface area contributed by atoms with Crippen molar-refractivity contribution in [3.8, 4) is 0 Å². The summed E-state index contributed by atoms with van der Waals surface area (Å²) >= 11 is 4.00. The average Bonchev–Trinajstić information content (AvgIpc) is 3.11. The molecule has 0 spiro atoms. The SMILES string of the molecule is CC(C)CN1CCC(NC(=O)c2ccc(C3SCCS3)cc2)CC1.